The minimum absolute atomic E-state index is 0.0502. The van der Waals surface area contributed by atoms with Crippen LogP contribution in [0, 0.1) is 5.92 Å². The molecule has 3 rings (SSSR count). The van der Waals surface area contributed by atoms with E-state index < -0.39 is 0 Å². The second kappa shape index (κ2) is 9.51. The second-order valence-electron chi connectivity index (χ2n) is 7.30. The van der Waals surface area contributed by atoms with Crippen molar-refractivity contribution in [1.29, 1.82) is 0 Å². The van der Waals surface area contributed by atoms with Crippen LogP contribution in [0.2, 0.25) is 0 Å². The first-order chi connectivity index (χ1) is 13.2. The molecule has 5 heteroatoms. The molecule has 1 aromatic carbocycles. The average molecular weight is 367 g/mol. The van der Waals surface area contributed by atoms with Gasteiger partial charge in [-0.05, 0) is 55.5 Å². The van der Waals surface area contributed by atoms with Gasteiger partial charge in [-0.25, -0.2) is 0 Å². The van der Waals surface area contributed by atoms with Crippen LogP contribution in [-0.4, -0.2) is 61.0 Å². The standard InChI is InChI=1S/C22H29N3O2/c1-24(22(26)20-9-5-12-23-15-20)16-18-7-6-13-25(17-18)14-11-19-8-3-4-10-21(19)27-2/h3-5,8-10,12,15,18H,6-7,11,13-14,16-17H2,1-2H3. The van der Waals surface area contributed by atoms with Crippen molar-refractivity contribution in [2.75, 3.05) is 40.3 Å². The van der Waals surface area contributed by atoms with Crippen molar-refractivity contribution in [3.05, 3.63) is 59.9 Å². The number of ether oxygens (including phenoxy) is 1. The molecule has 2 aromatic rings. The zero-order valence-corrected chi connectivity index (χ0v) is 16.3. The van der Waals surface area contributed by atoms with E-state index in [0.29, 0.717) is 11.5 Å². The number of aromatic nitrogens is 1. The first-order valence-electron chi connectivity index (χ1n) is 9.67. The Kier molecular flexibility index (Phi) is 6.82. The molecule has 1 unspecified atom stereocenters. The molecule has 1 saturated heterocycles. The molecule has 1 aliphatic heterocycles. The summed E-state index contributed by atoms with van der Waals surface area (Å²) >= 11 is 0. The van der Waals surface area contributed by atoms with Crippen LogP contribution in [0.5, 0.6) is 5.75 Å². The lowest BCUT2D eigenvalue weighted by atomic mass is 9.96. The number of nitrogens with zero attached hydrogens (tertiary/aromatic N) is 3. The first-order valence-corrected chi connectivity index (χ1v) is 9.67. The maximum Gasteiger partial charge on any atom is 0.255 e. The van der Waals surface area contributed by atoms with Crippen molar-refractivity contribution in [1.82, 2.24) is 14.8 Å². The molecule has 1 atom stereocenters. The summed E-state index contributed by atoms with van der Waals surface area (Å²) in [6, 6.07) is 11.9. The smallest absolute Gasteiger partial charge is 0.255 e. The van der Waals surface area contributed by atoms with Crippen molar-refractivity contribution >= 4 is 5.91 Å². The van der Waals surface area contributed by atoms with Gasteiger partial charge in [-0.2, -0.15) is 0 Å². The van der Waals surface area contributed by atoms with Gasteiger partial charge in [-0.3, -0.25) is 9.78 Å². The molecule has 1 aromatic heterocycles. The van der Waals surface area contributed by atoms with Crippen LogP contribution in [0.15, 0.2) is 48.8 Å². The minimum Gasteiger partial charge on any atom is -0.496 e. The third-order valence-corrected chi connectivity index (χ3v) is 5.28. The molecule has 144 valence electrons. The Morgan fingerprint density at radius 3 is 2.93 bits per heavy atom. The van der Waals surface area contributed by atoms with Crippen molar-refractivity contribution in [3.8, 4) is 5.75 Å². The number of benzene rings is 1. The van der Waals surface area contributed by atoms with Crippen molar-refractivity contribution in [2.45, 2.75) is 19.3 Å². The fourth-order valence-corrected chi connectivity index (χ4v) is 3.87. The molecule has 0 spiro atoms. The van der Waals surface area contributed by atoms with Gasteiger partial charge in [0, 0.05) is 39.1 Å². The fourth-order valence-electron chi connectivity index (χ4n) is 3.87. The fraction of sp³-hybridized carbons (Fsp3) is 0.455. The Morgan fingerprint density at radius 2 is 2.15 bits per heavy atom. The predicted octanol–water partition coefficient (Wildman–Crippen LogP) is 3.12. The highest BCUT2D eigenvalue weighted by molar-refractivity contribution is 5.93. The molecule has 0 saturated carbocycles. The van der Waals surface area contributed by atoms with Gasteiger partial charge in [0.2, 0.25) is 0 Å². The van der Waals surface area contributed by atoms with Crippen molar-refractivity contribution < 1.29 is 9.53 Å². The molecule has 1 aliphatic rings. The molecule has 2 heterocycles. The Morgan fingerprint density at radius 1 is 1.30 bits per heavy atom. The van der Waals surface area contributed by atoms with Gasteiger partial charge in [0.15, 0.2) is 0 Å². The van der Waals surface area contributed by atoms with E-state index in [9.17, 15) is 4.79 Å². The maximum atomic E-state index is 12.5. The zero-order valence-electron chi connectivity index (χ0n) is 16.3. The molecule has 0 N–H and O–H groups in total. The lowest BCUT2D eigenvalue weighted by Gasteiger charge is -2.34. The summed E-state index contributed by atoms with van der Waals surface area (Å²) in [6.07, 6.45) is 6.68. The van der Waals surface area contributed by atoms with E-state index in [4.69, 9.17) is 4.74 Å². The Labute approximate surface area is 162 Å². The van der Waals surface area contributed by atoms with Crippen LogP contribution < -0.4 is 4.74 Å². The number of hydrogen-bond donors (Lipinski definition) is 0. The van der Waals surface area contributed by atoms with Gasteiger partial charge >= 0.3 is 0 Å². The van der Waals surface area contributed by atoms with Gasteiger partial charge in [-0.1, -0.05) is 18.2 Å². The maximum absolute atomic E-state index is 12.5. The monoisotopic (exact) mass is 367 g/mol. The molecular formula is C22H29N3O2. The van der Waals surface area contributed by atoms with Crippen LogP contribution in [-0.2, 0) is 6.42 Å². The summed E-state index contributed by atoms with van der Waals surface area (Å²) in [7, 11) is 3.62. The number of amides is 1. The number of pyridine rings is 1. The molecule has 0 aliphatic carbocycles. The summed E-state index contributed by atoms with van der Waals surface area (Å²) < 4.78 is 5.46. The number of rotatable bonds is 7. The van der Waals surface area contributed by atoms with E-state index >= 15 is 0 Å². The zero-order chi connectivity index (χ0) is 19.1. The van der Waals surface area contributed by atoms with Crippen LogP contribution >= 0.6 is 0 Å². The number of carbonyl (C=O) groups is 1. The number of hydrogen-bond acceptors (Lipinski definition) is 4. The second-order valence-corrected chi connectivity index (χ2v) is 7.30. The summed E-state index contributed by atoms with van der Waals surface area (Å²) in [5.74, 6) is 1.53. The van der Waals surface area contributed by atoms with Gasteiger partial charge in [0.25, 0.3) is 5.91 Å². The van der Waals surface area contributed by atoms with Crippen LogP contribution in [0.3, 0.4) is 0 Å². The average Bonchev–Trinajstić information content (AvgIpc) is 2.72. The lowest BCUT2D eigenvalue weighted by molar-refractivity contribution is 0.0730. The van der Waals surface area contributed by atoms with E-state index in [0.717, 1.165) is 38.3 Å². The van der Waals surface area contributed by atoms with Crippen molar-refractivity contribution in [3.63, 3.8) is 0 Å². The minimum atomic E-state index is 0.0502. The molecule has 1 amide bonds. The number of methoxy groups -OCH3 is 1. The van der Waals surface area contributed by atoms with Crippen molar-refractivity contribution in [2.24, 2.45) is 5.92 Å². The Hall–Kier alpha value is -2.40. The van der Waals surface area contributed by atoms with Crippen LogP contribution in [0.1, 0.15) is 28.8 Å². The summed E-state index contributed by atoms with van der Waals surface area (Å²) in [4.78, 5) is 20.9. The highest BCUT2D eigenvalue weighted by Crippen LogP contribution is 2.21. The Bertz CT molecular complexity index is 735. The molecule has 0 bridgehead atoms. The molecule has 5 nitrogen and oxygen atoms in total. The van der Waals surface area contributed by atoms with E-state index in [2.05, 4.69) is 22.0 Å². The molecular weight excluding hydrogens is 338 g/mol. The lowest BCUT2D eigenvalue weighted by Crippen LogP contribution is -2.42. The summed E-state index contributed by atoms with van der Waals surface area (Å²) in [6.45, 7) is 3.99. The highest BCUT2D eigenvalue weighted by Gasteiger charge is 2.23. The van der Waals surface area contributed by atoms with E-state index in [1.807, 2.05) is 30.1 Å². The van der Waals surface area contributed by atoms with E-state index in [1.54, 1.807) is 25.6 Å². The first kappa shape index (κ1) is 19.4. The van der Waals surface area contributed by atoms with E-state index in [1.165, 1.54) is 18.4 Å². The largest absolute Gasteiger partial charge is 0.496 e. The van der Waals surface area contributed by atoms with Gasteiger partial charge in [-0.15, -0.1) is 0 Å². The number of piperidine rings is 1. The molecule has 0 radical (unpaired) electrons. The highest BCUT2D eigenvalue weighted by atomic mass is 16.5. The van der Waals surface area contributed by atoms with Gasteiger partial charge in [0.1, 0.15) is 5.75 Å². The summed E-state index contributed by atoms with van der Waals surface area (Å²) in [5.41, 5.74) is 1.91. The SMILES string of the molecule is COc1ccccc1CCN1CCCC(CN(C)C(=O)c2cccnc2)C1. The molecule has 1 fully saturated rings. The topological polar surface area (TPSA) is 45.7 Å². The normalized spacial score (nSPS) is 17.5. The predicted molar refractivity (Wildman–Crippen MR) is 107 cm³/mol. The quantitative estimate of drug-likeness (QED) is 0.754. The number of carbonyl (C=O) groups excluding carboxylic acids is 1. The summed E-state index contributed by atoms with van der Waals surface area (Å²) in [5, 5.41) is 0. The van der Waals surface area contributed by atoms with Gasteiger partial charge < -0.3 is 14.5 Å². The van der Waals surface area contributed by atoms with Gasteiger partial charge in [0.05, 0.1) is 12.7 Å². The van der Waals surface area contributed by atoms with E-state index in [-0.39, 0.29) is 5.91 Å². The van der Waals surface area contributed by atoms with Crippen LogP contribution in [0.4, 0.5) is 0 Å². The third-order valence-electron chi connectivity index (χ3n) is 5.28. The number of likely N-dealkylation sites (tertiary alicyclic amines) is 1. The Balaban J connectivity index is 1.51. The third kappa shape index (κ3) is 5.30. The number of para-hydroxylation sites is 1. The van der Waals surface area contributed by atoms with Crippen LogP contribution in [0.25, 0.3) is 0 Å². The molecule has 27 heavy (non-hydrogen) atoms.